The number of nitrogens with one attached hydrogen (secondary N) is 1. The molecule has 0 unspecified atom stereocenters. The number of hydrogen-bond donors (Lipinski definition) is 2. The van der Waals surface area contributed by atoms with Gasteiger partial charge in [-0.15, -0.1) is 12.4 Å². The number of rotatable bonds is 5. The van der Waals surface area contributed by atoms with Gasteiger partial charge in [-0.1, -0.05) is 25.4 Å². The zero-order valence-corrected chi connectivity index (χ0v) is 14.4. The number of amides is 1. The number of benzene rings is 1. The van der Waals surface area contributed by atoms with Gasteiger partial charge in [0.25, 0.3) is 0 Å². The van der Waals surface area contributed by atoms with Crippen molar-refractivity contribution in [3.63, 3.8) is 0 Å². The van der Waals surface area contributed by atoms with Crippen molar-refractivity contribution >= 4 is 35.6 Å². The first kappa shape index (κ1) is 18.9. The van der Waals surface area contributed by atoms with E-state index in [9.17, 15) is 4.79 Å². The molecule has 0 atom stereocenters. The molecular formula is C15H22Cl2N2O3. The van der Waals surface area contributed by atoms with Gasteiger partial charge in [0, 0.05) is 18.7 Å². The summed E-state index contributed by atoms with van der Waals surface area (Å²) in [5.74, 6) is 1.07. The summed E-state index contributed by atoms with van der Waals surface area (Å²) in [4.78, 5) is 12.5. The van der Waals surface area contributed by atoms with Crippen LogP contribution in [0.1, 0.15) is 26.7 Å². The van der Waals surface area contributed by atoms with Gasteiger partial charge in [-0.05, 0) is 12.8 Å². The molecule has 1 amide bonds. The van der Waals surface area contributed by atoms with Gasteiger partial charge in [0.1, 0.15) is 13.2 Å². The number of nitrogens with two attached hydrogens (primary N) is 1. The van der Waals surface area contributed by atoms with Gasteiger partial charge in [0.2, 0.25) is 5.91 Å². The molecule has 5 nitrogen and oxygen atoms in total. The number of fused-ring (bicyclic) bond motifs is 1. The minimum atomic E-state index is -0.573. The van der Waals surface area contributed by atoms with Crippen LogP contribution in [-0.2, 0) is 4.79 Å². The van der Waals surface area contributed by atoms with E-state index in [4.69, 9.17) is 26.8 Å². The van der Waals surface area contributed by atoms with E-state index >= 15 is 0 Å². The molecule has 1 aliphatic heterocycles. The van der Waals surface area contributed by atoms with Crippen LogP contribution in [0.25, 0.3) is 0 Å². The Morgan fingerprint density at radius 2 is 1.82 bits per heavy atom. The average Bonchev–Trinajstić information content (AvgIpc) is 2.50. The molecule has 0 radical (unpaired) electrons. The van der Waals surface area contributed by atoms with Gasteiger partial charge >= 0.3 is 0 Å². The summed E-state index contributed by atoms with van der Waals surface area (Å²) < 4.78 is 11.0. The standard InChI is InChI=1S/C15H21ClN2O3.ClH/c1-3-15(4-2,9-17)14(19)18-11-8-13-12(7-10(11)16)20-5-6-21-13;/h7-8H,3-6,9,17H2,1-2H3,(H,18,19);1H. The molecule has 0 spiro atoms. The average molecular weight is 349 g/mol. The third kappa shape index (κ3) is 3.59. The molecular weight excluding hydrogens is 327 g/mol. The summed E-state index contributed by atoms with van der Waals surface area (Å²) in [7, 11) is 0. The summed E-state index contributed by atoms with van der Waals surface area (Å²) in [5, 5.41) is 3.29. The van der Waals surface area contributed by atoms with E-state index in [0.29, 0.717) is 54.8 Å². The van der Waals surface area contributed by atoms with Gasteiger partial charge in [0.15, 0.2) is 11.5 Å². The molecule has 7 heteroatoms. The van der Waals surface area contributed by atoms with Crippen LogP contribution in [0.15, 0.2) is 12.1 Å². The normalized spacial score (nSPS) is 13.3. The van der Waals surface area contributed by atoms with E-state index in [2.05, 4.69) is 5.32 Å². The zero-order valence-electron chi connectivity index (χ0n) is 12.8. The van der Waals surface area contributed by atoms with Gasteiger partial charge in [0.05, 0.1) is 16.1 Å². The Morgan fingerprint density at radius 3 is 2.32 bits per heavy atom. The predicted octanol–water partition coefficient (Wildman–Crippen LogP) is 3.24. The quantitative estimate of drug-likeness (QED) is 0.856. The zero-order chi connectivity index (χ0) is 15.5. The lowest BCUT2D eigenvalue weighted by atomic mass is 9.81. The van der Waals surface area contributed by atoms with Gasteiger partial charge in [-0.25, -0.2) is 0 Å². The molecule has 0 fully saturated rings. The van der Waals surface area contributed by atoms with Crippen molar-refractivity contribution in [1.82, 2.24) is 0 Å². The minimum Gasteiger partial charge on any atom is -0.486 e. The highest BCUT2D eigenvalue weighted by molar-refractivity contribution is 6.34. The van der Waals surface area contributed by atoms with Crippen LogP contribution in [0.2, 0.25) is 5.02 Å². The summed E-state index contributed by atoms with van der Waals surface area (Å²) >= 11 is 6.20. The second-order valence-electron chi connectivity index (χ2n) is 5.12. The minimum absolute atomic E-state index is 0. The van der Waals surface area contributed by atoms with Crippen LogP contribution in [0, 0.1) is 5.41 Å². The number of halogens is 2. The molecule has 1 aliphatic rings. The van der Waals surface area contributed by atoms with E-state index in [-0.39, 0.29) is 18.3 Å². The SMILES string of the molecule is CCC(CC)(CN)C(=O)Nc1cc2c(cc1Cl)OCCO2.Cl. The molecule has 2 rings (SSSR count). The smallest absolute Gasteiger partial charge is 0.231 e. The van der Waals surface area contributed by atoms with Crippen molar-refractivity contribution in [2.45, 2.75) is 26.7 Å². The molecule has 0 saturated heterocycles. The maximum atomic E-state index is 12.5. The Labute approximate surface area is 141 Å². The number of ether oxygens (including phenoxy) is 2. The third-order valence-electron chi connectivity index (χ3n) is 4.11. The summed E-state index contributed by atoms with van der Waals surface area (Å²) in [6.07, 6.45) is 1.35. The molecule has 0 aromatic heterocycles. The highest BCUT2D eigenvalue weighted by atomic mass is 35.5. The maximum Gasteiger partial charge on any atom is 0.231 e. The lowest BCUT2D eigenvalue weighted by molar-refractivity contribution is -0.125. The molecule has 1 aromatic carbocycles. The molecule has 0 saturated carbocycles. The van der Waals surface area contributed by atoms with E-state index in [1.165, 1.54) is 0 Å². The van der Waals surface area contributed by atoms with E-state index < -0.39 is 5.41 Å². The first-order chi connectivity index (χ1) is 10.1. The largest absolute Gasteiger partial charge is 0.486 e. The van der Waals surface area contributed by atoms with Crippen LogP contribution >= 0.6 is 24.0 Å². The lowest BCUT2D eigenvalue weighted by Crippen LogP contribution is -2.41. The van der Waals surface area contributed by atoms with E-state index in [1.807, 2.05) is 13.8 Å². The number of hydrogen-bond acceptors (Lipinski definition) is 4. The Balaban J connectivity index is 0.00000242. The molecule has 124 valence electrons. The highest BCUT2D eigenvalue weighted by Gasteiger charge is 2.33. The summed E-state index contributed by atoms with van der Waals surface area (Å²) in [6, 6.07) is 3.36. The van der Waals surface area contributed by atoms with Crippen molar-refractivity contribution in [1.29, 1.82) is 0 Å². The van der Waals surface area contributed by atoms with Crippen molar-refractivity contribution in [3.8, 4) is 11.5 Å². The van der Waals surface area contributed by atoms with Crippen molar-refractivity contribution < 1.29 is 14.3 Å². The molecule has 1 aromatic rings. The number of carbonyl (C=O) groups is 1. The summed E-state index contributed by atoms with van der Waals surface area (Å²) in [6.45, 7) is 5.20. The lowest BCUT2D eigenvalue weighted by Gasteiger charge is -2.29. The number of anilines is 1. The van der Waals surface area contributed by atoms with Crippen molar-refractivity contribution in [2.75, 3.05) is 25.1 Å². The fraction of sp³-hybridized carbons (Fsp3) is 0.533. The van der Waals surface area contributed by atoms with Crippen LogP contribution in [-0.4, -0.2) is 25.7 Å². The van der Waals surface area contributed by atoms with Crippen LogP contribution in [0.4, 0.5) is 5.69 Å². The number of carbonyl (C=O) groups excluding carboxylic acids is 1. The summed E-state index contributed by atoms with van der Waals surface area (Å²) in [5.41, 5.74) is 5.74. The molecule has 1 heterocycles. The van der Waals surface area contributed by atoms with Gasteiger partial charge < -0.3 is 20.5 Å². The second kappa shape index (κ2) is 7.90. The van der Waals surface area contributed by atoms with Crippen molar-refractivity contribution in [3.05, 3.63) is 17.2 Å². The predicted molar refractivity (Wildman–Crippen MR) is 90.4 cm³/mol. The second-order valence-corrected chi connectivity index (χ2v) is 5.53. The Hall–Kier alpha value is -1.17. The first-order valence-corrected chi connectivity index (χ1v) is 7.54. The highest BCUT2D eigenvalue weighted by Crippen LogP contribution is 2.39. The fourth-order valence-corrected chi connectivity index (χ4v) is 2.57. The molecule has 3 N–H and O–H groups in total. The fourth-order valence-electron chi connectivity index (χ4n) is 2.37. The topological polar surface area (TPSA) is 73.6 Å². The molecule has 0 bridgehead atoms. The van der Waals surface area contributed by atoms with Crippen LogP contribution in [0.3, 0.4) is 0 Å². The maximum absolute atomic E-state index is 12.5. The molecule has 22 heavy (non-hydrogen) atoms. The Morgan fingerprint density at radius 1 is 1.27 bits per heavy atom. The monoisotopic (exact) mass is 348 g/mol. The Kier molecular flexibility index (Phi) is 6.78. The van der Waals surface area contributed by atoms with Gasteiger partial charge in [-0.2, -0.15) is 0 Å². The van der Waals surface area contributed by atoms with Crippen LogP contribution in [0.5, 0.6) is 11.5 Å². The van der Waals surface area contributed by atoms with Crippen LogP contribution < -0.4 is 20.5 Å². The first-order valence-electron chi connectivity index (χ1n) is 7.17. The van der Waals surface area contributed by atoms with Gasteiger partial charge in [-0.3, -0.25) is 4.79 Å². The van der Waals surface area contributed by atoms with E-state index in [1.54, 1.807) is 12.1 Å². The van der Waals surface area contributed by atoms with Crippen molar-refractivity contribution in [2.24, 2.45) is 11.1 Å². The third-order valence-corrected chi connectivity index (χ3v) is 4.42. The Bertz CT molecular complexity index is 525. The van der Waals surface area contributed by atoms with E-state index in [0.717, 1.165) is 0 Å². The molecule has 0 aliphatic carbocycles.